The first kappa shape index (κ1) is 10.2. The standard InChI is InChI=1S/C10H16N4O2/c1-7-12-10(16-13-7)9-6-14(2-3-15-9)8-4-11-5-8/h8-9,11H,2-6H2,1H3. The summed E-state index contributed by atoms with van der Waals surface area (Å²) >= 11 is 0. The summed E-state index contributed by atoms with van der Waals surface area (Å²) in [6, 6.07) is 0.649. The largest absolute Gasteiger partial charge is 0.366 e. The zero-order chi connectivity index (χ0) is 11.0. The molecule has 0 saturated carbocycles. The quantitative estimate of drug-likeness (QED) is 0.745. The molecule has 2 fully saturated rings. The zero-order valence-electron chi connectivity index (χ0n) is 9.35. The van der Waals surface area contributed by atoms with Crippen LogP contribution < -0.4 is 5.32 Å². The highest BCUT2D eigenvalue weighted by Gasteiger charge is 2.32. The van der Waals surface area contributed by atoms with Crippen molar-refractivity contribution in [1.29, 1.82) is 0 Å². The van der Waals surface area contributed by atoms with Gasteiger partial charge in [0.1, 0.15) is 6.10 Å². The Hall–Kier alpha value is -0.980. The molecule has 0 spiro atoms. The lowest BCUT2D eigenvalue weighted by Gasteiger charge is -2.41. The topological polar surface area (TPSA) is 63.4 Å². The van der Waals surface area contributed by atoms with E-state index < -0.39 is 0 Å². The second kappa shape index (κ2) is 4.12. The lowest BCUT2D eigenvalue weighted by molar-refractivity contribution is -0.0644. The molecular formula is C10H16N4O2. The molecule has 1 unspecified atom stereocenters. The fourth-order valence-electron chi connectivity index (χ4n) is 2.13. The Labute approximate surface area is 93.9 Å². The maximum Gasteiger partial charge on any atom is 0.257 e. The van der Waals surface area contributed by atoms with Gasteiger partial charge in [-0.15, -0.1) is 0 Å². The van der Waals surface area contributed by atoms with E-state index in [9.17, 15) is 0 Å². The van der Waals surface area contributed by atoms with Crippen LogP contribution in [0, 0.1) is 6.92 Å². The SMILES string of the molecule is Cc1noc(C2CN(C3CNC3)CCO2)n1. The molecule has 88 valence electrons. The fourth-order valence-corrected chi connectivity index (χ4v) is 2.13. The molecular weight excluding hydrogens is 208 g/mol. The summed E-state index contributed by atoms with van der Waals surface area (Å²) in [4.78, 5) is 6.66. The molecule has 0 amide bonds. The van der Waals surface area contributed by atoms with Crippen molar-refractivity contribution in [1.82, 2.24) is 20.4 Å². The summed E-state index contributed by atoms with van der Waals surface area (Å²) in [5.74, 6) is 1.27. The number of hydrogen-bond donors (Lipinski definition) is 1. The van der Waals surface area contributed by atoms with Gasteiger partial charge >= 0.3 is 0 Å². The van der Waals surface area contributed by atoms with Crippen molar-refractivity contribution in [2.24, 2.45) is 0 Å². The Morgan fingerprint density at radius 1 is 1.44 bits per heavy atom. The third-order valence-corrected chi connectivity index (χ3v) is 3.19. The Morgan fingerprint density at radius 3 is 2.94 bits per heavy atom. The average molecular weight is 224 g/mol. The molecule has 6 nitrogen and oxygen atoms in total. The molecule has 16 heavy (non-hydrogen) atoms. The van der Waals surface area contributed by atoms with Gasteiger partial charge in [0.05, 0.1) is 6.61 Å². The van der Waals surface area contributed by atoms with Crippen LogP contribution in [0.5, 0.6) is 0 Å². The minimum Gasteiger partial charge on any atom is -0.366 e. The monoisotopic (exact) mass is 224 g/mol. The second-order valence-electron chi connectivity index (χ2n) is 4.35. The van der Waals surface area contributed by atoms with Crippen LogP contribution in [0.3, 0.4) is 0 Å². The van der Waals surface area contributed by atoms with E-state index in [1.54, 1.807) is 0 Å². The van der Waals surface area contributed by atoms with Gasteiger partial charge in [-0.2, -0.15) is 4.98 Å². The molecule has 3 heterocycles. The van der Waals surface area contributed by atoms with Crippen LogP contribution in [0.15, 0.2) is 4.52 Å². The number of aromatic nitrogens is 2. The third kappa shape index (κ3) is 1.83. The number of morpholine rings is 1. The molecule has 0 bridgehead atoms. The van der Waals surface area contributed by atoms with Gasteiger partial charge in [-0.25, -0.2) is 0 Å². The average Bonchev–Trinajstić information content (AvgIpc) is 2.63. The smallest absolute Gasteiger partial charge is 0.257 e. The normalized spacial score (nSPS) is 27.9. The Bertz CT molecular complexity index is 363. The van der Waals surface area contributed by atoms with Gasteiger partial charge < -0.3 is 14.6 Å². The van der Waals surface area contributed by atoms with Gasteiger partial charge in [0, 0.05) is 32.2 Å². The van der Waals surface area contributed by atoms with Crippen LogP contribution >= 0.6 is 0 Å². The highest BCUT2D eigenvalue weighted by atomic mass is 16.5. The van der Waals surface area contributed by atoms with Gasteiger partial charge in [0.15, 0.2) is 5.82 Å². The van der Waals surface area contributed by atoms with Gasteiger partial charge in [0.25, 0.3) is 5.89 Å². The number of nitrogens with zero attached hydrogens (tertiary/aromatic N) is 3. The van der Waals surface area contributed by atoms with E-state index in [2.05, 4.69) is 20.4 Å². The van der Waals surface area contributed by atoms with E-state index in [0.717, 1.165) is 32.8 Å². The third-order valence-electron chi connectivity index (χ3n) is 3.19. The van der Waals surface area contributed by atoms with E-state index in [0.29, 0.717) is 17.8 Å². The summed E-state index contributed by atoms with van der Waals surface area (Å²) in [6.45, 7) is 6.57. The number of nitrogens with one attached hydrogen (secondary N) is 1. The zero-order valence-corrected chi connectivity index (χ0v) is 9.35. The maximum atomic E-state index is 5.67. The van der Waals surface area contributed by atoms with Crippen LogP contribution in [-0.2, 0) is 4.74 Å². The Balaban J connectivity index is 1.67. The predicted octanol–water partition coefficient (Wildman–Crippen LogP) is -0.277. The maximum absolute atomic E-state index is 5.67. The van der Waals surface area contributed by atoms with Gasteiger partial charge in [-0.3, -0.25) is 4.90 Å². The van der Waals surface area contributed by atoms with Crippen molar-refractivity contribution >= 4 is 0 Å². The molecule has 0 radical (unpaired) electrons. The van der Waals surface area contributed by atoms with Crippen molar-refractivity contribution in [3.63, 3.8) is 0 Å². The molecule has 1 aromatic heterocycles. The minimum absolute atomic E-state index is 0.0597. The first-order valence-electron chi connectivity index (χ1n) is 5.69. The van der Waals surface area contributed by atoms with Crippen LogP contribution in [0.1, 0.15) is 17.8 Å². The highest BCUT2D eigenvalue weighted by molar-refractivity contribution is 4.94. The predicted molar refractivity (Wildman–Crippen MR) is 56.0 cm³/mol. The van der Waals surface area contributed by atoms with Crippen LogP contribution in [0.2, 0.25) is 0 Å². The molecule has 6 heteroatoms. The van der Waals surface area contributed by atoms with Crippen molar-refractivity contribution in [2.75, 3.05) is 32.8 Å². The molecule has 0 aromatic carbocycles. The van der Waals surface area contributed by atoms with Crippen molar-refractivity contribution in [2.45, 2.75) is 19.1 Å². The molecule has 2 saturated heterocycles. The lowest BCUT2D eigenvalue weighted by atomic mass is 10.1. The summed E-state index contributed by atoms with van der Waals surface area (Å²) in [5.41, 5.74) is 0. The van der Waals surface area contributed by atoms with Crippen molar-refractivity contribution < 1.29 is 9.26 Å². The molecule has 3 rings (SSSR count). The Morgan fingerprint density at radius 2 is 2.31 bits per heavy atom. The van der Waals surface area contributed by atoms with E-state index in [1.807, 2.05) is 6.92 Å². The first-order valence-corrected chi connectivity index (χ1v) is 5.69. The molecule has 2 aliphatic rings. The second-order valence-corrected chi connectivity index (χ2v) is 4.35. The van der Waals surface area contributed by atoms with Gasteiger partial charge in [-0.05, 0) is 6.92 Å². The van der Waals surface area contributed by atoms with Gasteiger partial charge in [-0.1, -0.05) is 5.16 Å². The molecule has 2 aliphatic heterocycles. The van der Waals surface area contributed by atoms with Crippen molar-refractivity contribution in [3.05, 3.63) is 11.7 Å². The Kier molecular flexibility index (Phi) is 2.62. The number of aryl methyl sites for hydroxylation is 1. The number of ether oxygens (including phenoxy) is 1. The van der Waals surface area contributed by atoms with E-state index >= 15 is 0 Å². The highest BCUT2D eigenvalue weighted by Crippen LogP contribution is 2.22. The minimum atomic E-state index is -0.0597. The summed E-state index contributed by atoms with van der Waals surface area (Å²) in [6.07, 6.45) is -0.0597. The molecule has 0 aliphatic carbocycles. The summed E-state index contributed by atoms with van der Waals surface area (Å²) < 4.78 is 10.8. The van der Waals surface area contributed by atoms with Crippen molar-refractivity contribution in [3.8, 4) is 0 Å². The van der Waals surface area contributed by atoms with Gasteiger partial charge in [0.2, 0.25) is 0 Å². The van der Waals surface area contributed by atoms with Crippen LogP contribution in [0.25, 0.3) is 0 Å². The summed E-state index contributed by atoms with van der Waals surface area (Å²) in [5, 5.41) is 7.08. The van der Waals surface area contributed by atoms with Crippen LogP contribution in [0.4, 0.5) is 0 Å². The fraction of sp³-hybridized carbons (Fsp3) is 0.800. The van der Waals surface area contributed by atoms with Crippen LogP contribution in [-0.4, -0.2) is 53.9 Å². The number of rotatable bonds is 2. The lowest BCUT2D eigenvalue weighted by Crippen LogP contribution is -2.59. The molecule has 1 N–H and O–H groups in total. The molecule has 1 aromatic rings. The van der Waals surface area contributed by atoms with E-state index in [4.69, 9.17) is 9.26 Å². The van der Waals surface area contributed by atoms with E-state index in [-0.39, 0.29) is 6.10 Å². The molecule has 1 atom stereocenters. The summed E-state index contributed by atoms with van der Waals surface area (Å²) in [7, 11) is 0. The first-order chi connectivity index (χ1) is 7.83. The number of hydrogen-bond acceptors (Lipinski definition) is 6. The van der Waals surface area contributed by atoms with E-state index in [1.165, 1.54) is 0 Å².